The largest absolute Gasteiger partial charge is 0.458 e. The summed E-state index contributed by atoms with van der Waals surface area (Å²) in [6, 6.07) is 11.3. The minimum absolute atomic E-state index is 0.0370. The van der Waals surface area contributed by atoms with Crippen molar-refractivity contribution in [1.29, 1.82) is 5.26 Å². The smallest absolute Gasteiger partial charge is 0.414 e. The lowest BCUT2D eigenvalue weighted by Gasteiger charge is -2.34. The number of nitrogens with zero attached hydrogens (tertiary/aromatic N) is 4. The summed E-state index contributed by atoms with van der Waals surface area (Å²) in [5, 5.41) is 9.05. The molecule has 214 valence electrons. The Hall–Kier alpha value is -3.95. The van der Waals surface area contributed by atoms with E-state index in [2.05, 4.69) is 0 Å². The van der Waals surface area contributed by atoms with Gasteiger partial charge in [-0.1, -0.05) is 0 Å². The molecule has 1 saturated heterocycles. The van der Waals surface area contributed by atoms with E-state index >= 15 is 0 Å². The summed E-state index contributed by atoms with van der Waals surface area (Å²) in [5.74, 6) is -1.03. The summed E-state index contributed by atoms with van der Waals surface area (Å²) in [5.41, 5.74) is -0.205. The van der Waals surface area contributed by atoms with Crippen molar-refractivity contribution in [2.24, 2.45) is 0 Å². The first-order valence-electron chi connectivity index (χ1n) is 12.7. The monoisotopic (exact) mass is 570 g/mol. The van der Waals surface area contributed by atoms with E-state index < -0.39 is 45.7 Å². The Bertz CT molecular complexity index is 1390. The molecule has 1 heterocycles. The predicted molar refractivity (Wildman–Crippen MR) is 147 cm³/mol. The molecular weight excluding hydrogens is 536 g/mol. The Labute approximate surface area is 234 Å². The first-order chi connectivity index (χ1) is 18.7. The third-order valence-electron chi connectivity index (χ3n) is 6.14. The van der Waals surface area contributed by atoms with Gasteiger partial charge in [0.1, 0.15) is 23.4 Å². The number of hydrogen-bond acceptors (Lipinski definition) is 8. The van der Waals surface area contributed by atoms with E-state index in [1.54, 1.807) is 34.9 Å². The molecule has 0 aliphatic carbocycles. The van der Waals surface area contributed by atoms with Crippen LogP contribution in [0.2, 0.25) is 0 Å². The van der Waals surface area contributed by atoms with Crippen LogP contribution in [-0.2, 0) is 24.3 Å². The van der Waals surface area contributed by atoms with Crippen LogP contribution < -0.4 is 9.64 Å². The maximum atomic E-state index is 14.1. The number of hydrogen-bond donors (Lipinski definition) is 0. The zero-order valence-corrected chi connectivity index (χ0v) is 24.3. The zero-order chi connectivity index (χ0) is 29.8. The van der Waals surface area contributed by atoms with Crippen LogP contribution in [0.1, 0.15) is 46.1 Å². The number of carbonyl (C=O) groups excluding carboxylic acids is 3. The normalized spacial score (nSPS) is 16.5. The Kier molecular flexibility index (Phi) is 9.22. The summed E-state index contributed by atoms with van der Waals surface area (Å²) in [4.78, 5) is 41.5. The van der Waals surface area contributed by atoms with Crippen molar-refractivity contribution >= 4 is 33.7 Å². The molecule has 0 N–H and O–H groups in total. The first kappa shape index (κ1) is 30.6. The number of amides is 2. The van der Waals surface area contributed by atoms with Crippen LogP contribution in [-0.4, -0.2) is 73.9 Å². The van der Waals surface area contributed by atoms with Gasteiger partial charge >= 0.3 is 12.1 Å². The fourth-order valence-corrected chi connectivity index (χ4v) is 5.82. The van der Waals surface area contributed by atoms with Gasteiger partial charge in [0.2, 0.25) is 15.9 Å². The Morgan fingerprint density at radius 1 is 1.05 bits per heavy atom. The highest BCUT2D eigenvalue weighted by Crippen LogP contribution is 2.31. The van der Waals surface area contributed by atoms with Gasteiger partial charge in [-0.25, -0.2) is 18.0 Å². The maximum Gasteiger partial charge on any atom is 0.414 e. The molecule has 12 heteroatoms. The van der Waals surface area contributed by atoms with Crippen molar-refractivity contribution in [3.05, 3.63) is 54.1 Å². The van der Waals surface area contributed by atoms with Gasteiger partial charge in [0.25, 0.3) is 0 Å². The minimum Gasteiger partial charge on any atom is -0.458 e. The van der Waals surface area contributed by atoms with Crippen LogP contribution in [0.5, 0.6) is 5.75 Å². The number of anilines is 1. The second-order valence-electron chi connectivity index (χ2n) is 10.6. The molecule has 2 aromatic rings. The zero-order valence-electron chi connectivity index (χ0n) is 23.4. The molecule has 0 radical (unpaired) electrons. The van der Waals surface area contributed by atoms with E-state index in [0.717, 1.165) is 4.31 Å². The number of ether oxygens (including phenoxy) is 2. The van der Waals surface area contributed by atoms with Crippen LogP contribution in [0, 0.1) is 11.3 Å². The quantitative estimate of drug-likeness (QED) is 0.461. The van der Waals surface area contributed by atoms with Crippen molar-refractivity contribution in [3.63, 3.8) is 0 Å². The number of sulfonamides is 1. The predicted octanol–water partition coefficient (Wildman–Crippen LogP) is 3.54. The second-order valence-corrected chi connectivity index (χ2v) is 12.5. The highest BCUT2D eigenvalue weighted by molar-refractivity contribution is 7.89. The highest BCUT2D eigenvalue weighted by Gasteiger charge is 2.44. The third-order valence-corrected chi connectivity index (χ3v) is 8.06. The second kappa shape index (κ2) is 12.1. The summed E-state index contributed by atoms with van der Waals surface area (Å²) >= 11 is 0. The van der Waals surface area contributed by atoms with Gasteiger partial charge in [-0.3, -0.25) is 9.69 Å². The number of carbonyl (C=O) groups is 3. The molecule has 0 unspecified atom stereocenters. The summed E-state index contributed by atoms with van der Waals surface area (Å²) < 4.78 is 39.0. The van der Waals surface area contributed by atoms with Crippen LogP contribution in [0.15, 0.2) is 53.4 Å². The lowest BCUT2D eigenvalue weighted by Crippen LogP contribution is -2.53. The molecule has 2 amide bonds. The number of benzene rings is 2. The van der Waals surface area contributed by atoms with Crippen molar-refractivity contribution in [2.45, 2.75) is 63.1 Å². The van der Waals surface area contributed by atoms with E-state index in [9.17, 15) is 22.8 Å². The molecule has 40 heavy (non-hydrogen) atoms. The molecule has 0 spiro atoms. The molecule has 1 fully saturated rings. The standard InChI is InChI=1S/C28H34N4O7S/c1-19(26(34)39-28(2,3)4)32(21-11-13-22(14-12-21)38-27(35)30(5)6)25(33)24-8-7-17-31(24)40(36,37)23-15-9-20(18-29)10-16-23/h9-16,19,24H,7-8,17H2,1-6H3/t19-,24-/m0/s1. The van der Waals surface area contributed by atoms with E-state index in [-0.39, 0.29) is 23.6 Å². The number of rotatable bonds is 7. The van der Waals surface area contributed by atoms with E-state index in [1.165, 1.54) is 65.3 Å². The van der Waals surface area contributed by atoms with Crippen LogP contribution in [0.25, 0.3) is 0 Å². The van der Waals surface area contributed by atoms with Crippen LogP contribution >= 0.6 is 0 Å². The van der Waals surface area contributed by atoms with Gasteiger partial charge in [0, 0.05) is 26.3 Å². The van der Waals surface area contributed by atoms with Crippen molar-refractivity contribution in [3.8, 4) is 11.8 Å². The lowest BCUT2D eigenvalue weighted by atomic mass is 10.1. The van der Waals surface area contributed by atoms with Crippen LogP contribution in [0.3, 0.4) is 0 Å². The van der Waals surface area contributed by atoms with Gasteiger partial charge in [-0.15, -0.1) is 0 Å². The highest BCUT2D eigenvalue weighted by atomic mass is 32.2. The first-order valence-corrected chi connectivity index (χ1v) is 14.2. The molecule has 1 aliphatic rings. The number of esters is 1. The summed E-state index contributed by atoms with van der Waals surface area (Å²) in [7, 11) is -0.997. The molecular formula is C28H34N4O7S. The minimum atomic E-state index is -4.08. The molecule has 11 nitrogen and oxygen atoms in total. The summed E-state index contributed by atoms with van der Waals surface area (Å²) in [6.45, 7) is 6.76. The van der Waals surface area contributed by atoms with E-state index in [0.29, 0.717) is 17.7 Å². The molecule has 0 aromatic heterocycles. The maximum absolute atomic E-state index is 14.1. The van der Waals surface area contributed by atoms with E-state index in [4.69, 9.17) is 14.7 Å². The third kappa shape index (κ3) is 6.97. The van der Waals surface area contributed by atoms with E-state index in [1.807, 2.05) is 6.07 Å². The summed E-state index contributed by atoms with van der Waals surface area (Å²) in [6.07, 6.45) is 0.113. The average molecular weight is 571 g/mol. The lowest BCUT2D eigenvalue weighted by molar-refractivity contribution is -0.157. The molecule has 3 rings (SSSR count). The Morgan fingerprint density at radius 3 is 2.17 bits per heavy atom. The molecule has 0 bridgehead atoms. The van der Waals surface area contributed by atoms with Crippen LogP contribution in [0.4, 0.5) is 10.5 Å². The number of nitriles is 1. The van der Waals surface area contributed by atoms with Crippen molar-refractivity contribution < 1.29 is 32.3 Å². The fourth-order valence-electron chi connectivity index (χ4n) is 4.17. The average Bonchev–Trinajstić information content (AvgIpc) is 3.40. The molecule has 2 atom stereocenters. The Morgan fingerprint density at radius 2 is 1.65 bits per heavy atom. The molecule has 0 saturated carbocycles. The Balaban J connectivity index is 1.98. The van der Waals surface area contributed by atoms with Gasteiger partial charge in [0.15, 0.2) is 0 Å². The van der Waals surface area contributed by atoms with Gasteiger partial charge in [-0.05, 0) is 89.1 Å². The fraction of sp³-hybridized carbons (Fsp3) is 0.429. The molecule has 1 aliphatic heterocycles. The van der Waals surface area contributed by atoms with Crippen molar-refractivity contribution in [1.82, 2.24) is 9.21 Å². The molecule has 2 aromatic carbocycles. The van der Waals surface area contributed by atoms with Gasteiger partial charge < -0.3 is 14.4 Å². The van der Waals surface area contributed by atoms with Crippen molar-refractivity contribution in [2.75, 3.05) is 25.5 Å². The SMILES string of the molecule is C[C@@H](C(=O)OC(C)(C)C)N(C(=O)[C@@H]1CCCN1S(=O)(=O)c1ccc(C#N)cc1)c1ccc(OC(=O)N(C)C)cc1. The van der Waals surface area contributed by atoms with Gasteiger partial charge in [-0.2, -0.15) is 9.57 Å². The van der Waals surface area contributed by atoms with Gasteiger partial charge in [0.05, 0.1) is 16.5 Å². The topological polar surface area (TPSA) is 137 Å².